The monoisotopic (exact) mass is 412 g/mol. The van der Waals surface area contributed by atoms with E-state index in [1.54, 1.807) is 13.8 Å². The van der Waals surface area contributed by atoms with Crippen LogP contribution in [-0.4, -0.2) is 12.6 Å². The third-order valence-corrected chi connectivity index (χ3v) is 4.08. The van der Waals surface area contributed by atoms with E-state index in [9.17, 15) is 4.79 Å². The van der Waals surface area contributed by atoms with Crippen molar-refractivity contribution in [2.24, 2.45) is 0 Å². The fourth-order valence-corrected chi connectivity index (χ4v) is 2.52. The molecule has 160 valence electrons. The topological polar surface area (TPSA) is 26.3 Å². The summed E-state index contributed by atoms with van der Waals surface area (Å²) in [5.41, 5.74) is 0.451. The van der Waals surface area contributed by atoms with Gasteiger partial charge in [0.05, 0.1) is 6.61 Å². The quantitative estimate of drug-likeness (QED) is 0.153. The first-order valence-electron chi connectivity index (χ1n) is 10.4. The van der Waals surface area contributed by atoms with Gasteiger partial charge in [0.2, 0.25) is 0 Å². The van der Waals surface area contributed by atoms with Gasteiger partial charge in [-0.1, -0.05) is 110 Å². The smallest absolute Gasteiger partial charge is 0.333 e. The summed E-state index contributed by atoms with van der Waals surface area (Å²) < 4.78 is 4.56. The maximum absolute atomic E-state index is 10.4. The van der Waals surface area contributed by atoms with E-state index in [1.807, 2.05) is 0 Å². The lowest BCUT2D eigenvalue weighted by atomic mass is 10.0. The third kappa shape index (κ3) is 31.5. The average molecular weight is 414 g/mol. The van der Waals surface area contributed by atoms with E-state index in [4.69, 9.17) is 0 Å². The Morgan fingerprint density at radius 1 is 0.654 bits per heavy atom. The van der Waals surface area contributed by atoms with E-state index < -0.39 is 0 Å². The molecule has 26 heavy (non-hydrogen) atoms. The van der Waals surface area contributed by atoms with Crippen molar-refractivity contribution in [2.45, 2.75) is 118 Å². The number of halogens is 2. The number of ether oxygens (including phenoxy) is 1. The van der Waals surface area contributed by atoms with Crippen LogP contribution in [0.15, 0.2) is 12.2 Å². The van der Waals surface area contributed by atoms with Crippen LogP contribution >= 0.6 is 24.8 Å². The Morgan fingerprint density at radius 3 is 1.08 bits per heavy atom. The van der Waals surface area contributed by atoms with E-state index in [-0.39, 0.29) is 30.8 Å². The van der Waals surface area contributed by atoms with Crippen molar-refractivity contribution in [3.63, 3.8) is 0 Å². The Hall–Kier alpha value is -0.210. The van der Waals surface area contributed by atoms with Crippen LogP contribution in [0.25, 0.3) is 0 Å². The van der Waals surface area contributed by atoms with E-state index in [1.165, 1.54) is 89.9 Å². The molecule has 0 aliphatic rings. The second kappa shape index (κ2) is 29.5. The van der Waals surface area contributed by atoms with Crippen molar-refractivity contribution in [1.82, 2.24) is 0 Å². The van der Waals surface area contributed by atoms with Gasteiger partial charge in [-0.25, -0.2) is 4.79 Å². The summed E-state index contributed by atoms with van der Waals surface area (Å²) in [5.74, 6) is -0.312. The lowest BCUT2D eigenvalue weighted by Gasteiger charge is -2.02. The molecule has 0 heterocycles. The molecule has 0 spiro atoms. The van der Waals surface area contributed by atoms with Crippen LogP contribution in [0.2, 0.25) is 0 Å². The average Bonchev–Trinajstić information content (AvgIpc) is 2.56. The zero-order valence-corrected chi connectivity index (χ0v) is 19.6. The third-order valence-electron chi connectivity index (χ3n) is 4.08. The molecule has 0 saturated heterocycles. The van der Waals surface area contributed by atoms with Gasteiger partial charge in [0.15, 0.2) is 0 Å². The molecule has 0 radical (unpaired) electrons. The molecule has 0 N–H and O–H groups in total. The minimum Gasteiger partial charge on any atom is -0.463 e. The van der Waals surface area contributed by atoms with Crippen LogP contribution in [-0.2, 0) is 9.53 Å². The van der Waals surface area contributed by atoms with Crippen molar-refractivity contribution in [2.75, 3.05) is 6.61 Å². The first-order chi connectivity index (χ1) is 11.6. The highest BCUT2D eigenvalue weighted by Gasteiger charge is 1.98. The Kier molecular flexibility index (Phi) is 37.9. The Labute approximate surface area is 176 Å². The van der Waals surface area contributed by atoms with E-state index in [2.05, 4.69) is 25.2 Å². The number of esters is 1. The highest BCUT2D eigenvalue weighted by Crippen LogP contribution is 2.12. The fraction of sp³-hybridized carbons (Fsp3) is 0.864. The molecule has 4 heteroatoms. The molecule has 0 aromatic heterocycles. The SMILES string of the molecule is C=C(C)C(=O)OCC.CCCCCCCCCCCCCCCC.Cl.Cl. The summed E-state index contributed by atoms with van der Waals surface area (Å²) in [6, 6.07) is 0. The van der Waals surface area contributed by atoms with Gasteiger partial charge in [0.25, 0.3) is 0 Å². The number of unbranched alkanes of at least 4 members (excludes halogenated alkanes) is 13. The number of rotatable bonds is 15. The molecule has 0 aliphatic heterocycles. The van der Waals surface area contributed by atoms with Gasteiger partial charge in [-0.2, -0.15) is 0 Å². The van der Waals surface area contributed by atoms with Crippen molar-refractivity contribution >= 4 is 30.8 Å². The first kappa shape index (κ1) is 33.4. The summed E-state index contributed by atoms with van der Waals surface area (Å²) >= 11 is 0. The van der Waals surface area contributed by atoms with Gasteiger partial charge in [-0.15, -0.1) is 24.8 Å². The van der Waals surface area contributed by atoms with Crippen LogP contribution in [0.3, 0.4) is 0 Å². The van der Waals surface area contributed by atoms with Crippen LogP contribution in [0, 0.1) is 0 Å². The number of hydrogen-bond acceptors (Lipinski definition) is 2. The van der Waals surface area contributed by atoms with Crippen LogP contribution in [0.5, 0.6) is 0 Å². The summed E-state index contributed by atoms with van der Waals surface area (Å²) in [6.07, 6.45) is 20.4. The van der Waals surface area contributed by atoms with Gasteiger partial charge >= 0.3 is 5.97 Å². The maximum Gasteiger partial charge on any atom is 0.333 e. The normalized spacial score (nSPS) is 9.23. The molecule has 0 bridgehead atoms. The van der Waals surface area contributed by atoms with Gasteiger partial charge in [0, 0.05) is 5.57 Å². The second-order valence-electron chi connectivity index (χ2n) is 6.74. The van der Waals surface area contributed by atoms with E-state index in [0.29, 0.717) is 12.2 Å². The number of carbonyl (C=O) groups is 1. The lowest BCUT2D eigenvalue weighted by molar-refractivity contribution is -0.138. The van der Waals surface area contributed by atoms with Crippen molar-refractivity contribution in [3.8, 4) is 0 Å². The predicted molar refractivity (Wildman–Crippen MR) is 122 cm³/mol. The van der Waals surface area contributed by atoms with E-state index >= 15 is 0 Å². The highest BCUT2D eigenvalue weighted by atomic mass is 35.5. The Morgan fingerprint density at radius 2 is 0.923 bits per heavy atom. The van der Waals surface area contributed by atoms with Crippen LogP contribution in [0.1, 0.15) is 118 Å². The Bertz CT molecular complexity index is 267. The summed E-state index contributed by atoms with van der Waals surface area (Å²) in [4.78, 5) is 10.4. The maximum atomic E-state index is 10.4. The van der Waals surface area contributed by atoms with Gasteiger partial charge in [0.1, 0.15) is 0 Å². The molecule has 2 nitrogen and oxygen atoms in total. The molecule has 0 aromatic rings. The summed E-state index contributed by atoms with van der Waals surface area (Å²) in [6.45, 7) is 11.8. The summed E-state index contributed by atoms with van der Waals surface area (Å²) in [7, 11) is 0. The molecule has 0 aliphatic carbocycles. The zero-order valence-electron chi connectivity index (χ0n) is 17.9. The van der Waals surface area contributed by atoms with Crippen molar-refractivity contribution in [1.29, 1.82) is 0 Å². The molecule has 0 unspecified atom stereocenters. The molecule has 0 rings (SSSR count). The molecular weight excluding hydrogens is 367 g/mol. The minimum absolute atomic E-state index is 0. The van der Waals surface area contributed by atoms with E-state index in [0.717, 1.165) is 0 Å². The van der Waals surface area contributed by atoms with Crippen LogP contribution in [0.4, 0.5) is 0 Å². The summed E-state index contributed by atoms with van der Waals surface area (Å²) in [5, 5.41) is 0. The molecule has 0 aromatic carbocycles. The molecule has 0 atom stereocenters. The fourth-order valence-electron chi connectivity index (χ4n) is 2.52. The predicted octanol–water partition coefficient (Wildman–Crippen LogP) is 8.46. The van der Waals surface area contributed by atoms with Crippen molar-refractivity contribution in [3.05, 3.63) is 12.2 Å². The van der Waals surface area contributed by atoms with Gasteiger partial charge in [-0.3, -0.25) is 0 Å². The lowest BCUT2D eigenvalue weighted by Crippen LogP contribution is -2.03. The minimum atomic E-state index is -0.312. The highest BCUT2D eigenvalue weighted by molar-refractivity contribution is 5.86. The molecular formula is C22H46Cl2O2. The van der Waals surface area contributed by atoms with Gasteiger partial charge in [-0.05, 0) is 13.8 Å². The number of carbonyl (C=O) groups excluding carboxylic acids is 1. The first-order valence-corrected chi connectivity index (χ1v) is 10.4. The molecule has 0 saturated carbocycles. The number of hydrogen-bond donors (Lipinski definition) is 0. The largest absolute Gasteiger partial charge is 0.463 e. The molecule has 0 amide bonds. The van der Waals surface area contributed by atoms with Crippen molar-refractivity contribution < 1.29 is 9.53 Å². The Balaban J connectivity index is -0.000000208. The molecule has 0 fully saturated rings. The standard InChI is InChI=1S/C16H34.C6H10O2.2ClH/c1-3-5-7-9-11-13-15-16-14-12-10-8-6-4-2;1-4-8-6(7)5(2)3;;/h3-16H2,1-2H3;2,4H2,1,3H3;2*1H. The second-order valence-corrected chi connectivity index (χ2v) is 6.74. The van der Waals surface area contributed by atoms with Gasteiger partial charge < -0.3 is 4.74 Å². The zero-order chi connectivity index (χ0) is 18.5. The van der Waals surface area contributed by atoms with Crippen LogP contribution < -0.4 is 0 Å².